The third-order valence-electron chi connectivity index (χ3n) is 5.78. The molecule has 1 fully saturated rings. The summed E-state index contributed by atoms with van der Waals surface area (Å²) in [6, 6.07) is 3.80. The van der Waals surface area contributed by atoms with E-state index in [0.29, 0.717) is 16.1 Å². The number of rotatable bonds is 10. The van der Waals surface area contributed by atoms with Crippen LogP contribution in [0.15, 0.2) is 16.6 Å². The zero-order valence-electron chi connectivity index (χ0n) is 17.5. The molecule has 2 rings (SSSR count). The number of carbonyl (C=O) groups is 1. The third-order valence-corrected chi connectivity index (χ3v) is 6.39. The second-order valence-corrected chi connectivity index (χ2v) is 8.69. The average Bonchev–Trinajstić information content (AvgIpc) is 2.71. The molecule has 0 bridgehead atoms. The summed E-state index contributed by atoms with van der Waals surface area (Å²) >= 11 is 3.38. The number of hydrogen-bond acceptors (Lipinski definition) is 4. The highest BCUT2D eigenvalue weighted by Gasteiger charge is 2.25. The van der Waals surface area contributed by atoms with Crippen molar-refractivity contribution >= 4 is 21.8 Å². The van der Waals surface area contributed by atoms with E-state index < -0.39 is 0 Å². The number of likely N-dealkylation sites (tertiary alicyclic amines) is 1. The Morgan fingerprint density at radius 3 is 2.68 bits per heavy atom. The van der Waals surface area contributed by atoms with Gasteiger partial charge in [0.25, 0.3) is 0 Å². The van der Waals surface area contributed by atoms with E-state index >= 15 is 0 Å². The van der Waals surface area contributed by atoms with Gasteiger partial charge in [0.05, 0.1) is 11.6 Å². The van der Waals surface area contributed by atoms with Gasteiger partial charge in [-0.25, -0.2) is 0 Å². The van der Waals surface area contributed by atoms with E-state index in [-0.39, 0.29) is 17.6 Å². The van der Waals surface area contributed by atoms with Gasteiger partial charge in [-0.15, -0.1) is 0 Å². The van der Waals surface area contributed by atoms with Gasteiger partial charge in [0.1, 0.15) is 0 Å². The highest BCUT2D eigenvalue weighted by Crippen LogP contribution is 2.35. The lowest BCUT2D eigenvalue weighted by Gasteiger charge is -2.31. The van der Waals surface area contributed by atoms with Gasteiger partial charge in [-0.05, 0) is 71.9 Å². The van der Waals surface area contributed by atoms with Crippen LogP contribution in [0.2, 0.25) is 0 Å². The molecule has 0 saturated carbocycles. The third kappa shape index (κ3) is 6.66. The van der Waals surface area contributed by atoms with Crippen molar-refractivity contribution in [3.63, 3.8) is 0 Å². The monoisotopic (exact) mass is 454 g/mol. The predicted molar refractivity (Wildman–Crippen MR) is 117 cm³/mol. The summed E-state index contributed by atoms with van der Waals surface area (Å²) in [5.74, 6) is 1.56. The van der Waals surface area contributed by atoms with E-state index in [9.17, 15) is 9.90 Å². The Morgan fingerprint density at radius 1 is 1.36 bits per heavy atom. The standard InChI is InChI=1S/C22H35BrN2O3/c1-4-6-7-16(5-2)14-24-22(27)18-8-10-25(11-9-18)15-17-12-19(23)21(26)20(13-17)28-3/h12-13,16,18,26H,4-11,14-15H2,1-3H3,(H,24,27)/t16-/m1/s1. The van der Waals surface area contributed by atoms with Gasteiger partial charge in [-0.3, -0.25) is 9.69 Å². The van der Waals surface area contributed by atoms with E-state index in [2.05, 4.69) is 40.0 Å². The molecule has 1 atom stereocenters. The van der Waals surface area contributed by atoms with Gasteiger partial charge in [-0.2, -0.15) is 0 Å². The molecule has 0 radical (unpaired) electrons. The molecule has 0 aromatic heterocycles. The lowest BCUT2D eigenvalue weighted by Crippen LogP contribution is -2.41. The number of phenols is 1. The Balaban J connectivity index is 1.79. The van der Waals surface area contributed by atoms with E-state index in [1.54, 1.807) is 7.11 Å². The minimum absolute atomic E-state index is 0.126. The Labute approximate surface area is 178 Å². The summed E-state index contributed by atoms with van der Waals surface area (Å²) in [5.41, 5.74) is 1.09. The maximum atomic E-state index is 12.5. The first-order valence-electron chi connectivity index (χ1n) is 10.5. The summed E-state index contributed by atoms with van der Waals surface area (Å²) in [7, 11) is 1.56. The van der Waals surface area contributed by atoms with Crippen LogP contribution in [0.1, 0.15) is 57.9 Å². The quantitative estimate of drug-likeness (QED) is 0.537. The van der Waals surface area contributed by atoms with Gasteiger partial charge in [-0.1, -0.05) is 33.1 Å². The number of nitrogens with one attached hydrogen (secondary N) is 1. The van der Waals surface area contributed by atoms with Crippen molar-refractivity contribution in [1.82, 2.24) is 10.2 Å². The molecule has 5 nitrogen and oxygen atoms in total. The summed E-state index contributed by atoms with van der Waals surface area (Å²) in [6.45, 7) is 7.85. The van der Waals surface area contributed by atoms with Gasteiger partial charge in [0.15, 0.2) is 11.5 Å². The highest BCUT2D eigenvalue weighted by atomic mass is 79.9. The van der Waals surface area contributed by atoms with Crippen molar-refractivity contribution in [3.05, 3.63) is 22.2 Å². The first-order valence-corrected chi connectivity index (χ1v) is 11.3. The van der Waals surface area contributed by atoms with Crippen LogP contribution in [0.25, 0.3) is 0 Å². The van der Waals surface area contributed by atoms with Crippen LogP contribution in [0.5, 0.6) is 11.5 Å². The molecule has 1 aromatic rings. The molecule has 1 saturated heterocycles. The fraction of sp³-hybridized carbons (Fsp3) is 0.682. The SMILES string of the molecule is CCCC[C@@H](CC)CNC(=O)C1CCN(Cc2cc(Br)c(O)c(OC)c2)CC1. The molecule has 0 aliphatic carbocycles. The molecule has 1 amide bonds. The second kappa shape index (κ2) is 11.7. The Hall–Kier alpha value is -1.27. The number of ether oxygens (including phenoxy) is 1. The van der Waals surface area contributed by atoms with E-state index in [0.717, 1.165) is 51.0 Å². The summed E-state index contributed by atoms with van der Waals surface area (Å²) in [6.07, 6.45) is 6.58. The van der Waals surface area contributed by atoms with Crippen LogP contribution in [-0.4, -0.2) is 42.7 Å². The van der Waals surface area contributed by atoms with Crippen molar-refractivity contribution in [1.29, 1.82) is 0 Å². The highest BCUT2D eigenvalue weighted by molar-refractivity contribution is 9.10. The molecule has 1 aromatic carbocycles. The number of halogens is 1. The van der Waals surface area contributed by atoms with Crippen molar-refractivity contribution in [2.75, 3.05) is 26.7 Å². The molecule has 158 valence electrons. The molecule has 6 heteroatoms. The maximum absolute atomic E-state index is 12.5. The van der Waals surface area contributed by atoms with Crippen LogP contribution in [0, 0.1) is 11.8 Å². The fourth-order valence-corrected chi connectivity index (χ4v) is 4.31. The first-order chi connectivity index (χ1) is 13.5. The number of unbranched alkanes of at least 4 members (excludes halogenated alkanes) is 1. The minimum Gasteiger partial charge on any atom is -0.503 e. The van der Waals surface area contributed by atoms with Crippen molar-refractivity contribution < 1.29 is 14.6 Å². The molecule has 28 heavy (non-hydrogen) atoms. The van der Waals surface area contributed by atoms with Crippen molar-refractivity contribution in [3.8, 4) is 11.5 Å². The number of nitrogens with zero attached hydrogens (tertiary/aromatic N) is 1. The van der Waals surface area contributed by atoms with E-state index in [4.69, 9.17) is 4.74 Å². The van der Waals surface area contributed by atoms with Gasteiger partial charge >= 0.3 is 0 Å². The molecule has 1 aliphatic rings. The minimum atomic E-state index is 0.126. The number of phenolic OH excluding ortho intramolecular Hbond substituents is 1. The molecule has 2 N–H and O–H groups in total. The number of methoxy groups -OCH3 is 1. The summed E-state index contributed by atoms with van der Waals surface area (Å²) < 4.78 is 5.88. The number of amides is 1. The Kier molecular flexibility index (Phi) is 9.59. The zero-order valence-corrected chi connectivity index (χ0v) is 19.1. The first kappa shape index (κ1) is 23.0. The van der Waals surface area contributed by atoms with Gasteiger partial charge in [0, 0.05) is 19.0 Å². The fourth-order valence-electron chi connectivity index (χ4n) is 3.82. The molecular weight excluding hydrogens is 420 g/mol. The largest absolute Gasteiger partial charge is 0.503 e. The van der Waals surface area contributed by atoms with Crippen LogP contribution < -0.4 is 10.1 Å². The van der Waals surface area contributed by atoms with Crippen LogP contribution in [-0.2, 0) is 11.3 Å². The second-order valence-electron chi connectivity index (χ2n) is 7.84. The predicted octanol–water partition coefficient (Wildman–Crippen LogP) is 4.71. The molecule has 1 heterocycles. The van der Waals surface area contributed by atoms with Gasteiger partial charge < -0.3 is 15.2 Å². The molecule has 1 aliphatic heterocycles. The molecule has 0 unspecified atom stereocenters. The number of aromatic hydroxyl groups is 1. The lowest BCUT2D eigenvalue weighted by atomic mass is 9.94. The average molecular weight is 455 g/mol. The number of carbonyl (C=O) groups excluding carboxylic acids is 1. The summed E-state index contributed by atoms with van der Waals surface area (Å²) in [4.78, 5) is 14.9. The topological polar surface area (TPSA) is 61.8 Å². The Bertz CT molecular complexity index is 630. The van der Waals surface area contributed by atoms with Crippen LogP contribution in [0.3, 0.4) is 0 Å². The molecule has 0 spiro atoms. The van der Waals surface area contributed by atoms with Gasteiger partial charge in [0.2, 0.25) is 5.91 Å². The van der Waals surface area contributed by atoms with Crippen molar-refractivity contribution in [2.45, 2.75) is 58.9 Å². The Morgan fingerprint density at radius 2 is 2.07 bits per heavy atom. The van der Waals surface area contributed by atoms with Crippen molar-refractivity contribution in [2.24, 2.45) is 11.8 Å². The number of piperidine rings is 1. The summed E-state index contributed by atoms with van der Waals surface area (Å²) in [5, 5.41) is 13.1. The zero-order chi connectivity index (χ0) is 20.5. The van der Waals surface area contributed by atoms with Crippen LogP contribution in [0.4, 0.5) is 0 Å². The van der Waals surface area contributed by atoms with E-state index in [1.165, 1.54) is 19.3 Å². The lowest BCUT2D eigenvalue weighted by molar-refractivity contribution is -0.126. The maximum Gasteiger partial charge on any atom is 0.223 e. The smallest absolute Gasteiger partial charge is 0.223 e. The normalized spacial score (nSPS) is 16.7. The van der Waals surface area contributed by atoms with Crippen LogP contribution >= 0.6 is 15.9 Å². The van der Waals surface area contributed by atoms with E-state index in [1.807, 2.05) is 12.1 Å². The molecular formula is C22H35BrN2O3. The number of hydrogen-bond donors (Lipinski definition) is 2. The number of benzene rings is 1.